The van der Waals surface area contributed by atoms with Gasteiger partial charge in [0.25, 0.3) is 5.56 Å². The Morgan fingerprint density at radius 3 is 2.48 bits per heavy atom. The molecule has 2 aromatic carbocycles. The van der Waals surface area contributed by atoms with Gasteiger partial charge in [0.15, 0.2) is 0 Å². The number of alkyl halides is 3. The molecule has 3 aromatic rings. The molecule has 0 amide bonds. The fourth-order valence-corrected chi connectivity index (χ4v) is 5.28. The zero-order chi connectivity index (χ0) is 28.4. The maximum atomic E-state index is 12.6. The monoisotopic (exact) mass is 555 g/mol. The van der Waals surface area contributed by atoms with Crippen molar-refractivity contribution in [2.45, 2.75) is 38.2 Å². The normalized spacial score (nSPS) is 19.4. The van der Waals surface area contributed by atoms with Gasteiger partial charge in [-0.25, -0.2) is 9.59 Å². The number of benzene rings is 2. The highest BCUT2D eigenvalue weighted by Crippen LogP contribution is 2.31. The van der Waals surface area contributed by atoms with Crippen molar-refractivity contribution in [3.05, 3.63) is 87.7 Å². The van der Waals surface area contributed by atoms with Gasteiger partial charge >= 0.3 is 18.1 Å². The number of aromatic amines is 1. The molecule has 3 heterocycles. The number of hydrogen-bond donors (Lipinski definition) is 1. The summed E-state index contributed by atoms with van der Waals surface area (Å²) in [7, 11) is 0. The van der Waals surface area contributed by atoms with Gasteiger partial charge in [0.1, 0.15) is 5.56 Å². The van der Waals surface area contributed by atoms with E-state index in [1.165, 1.54) is 5.56 Å². The van der Waals surface area contributed by atoms with Crippen LogP contribution in [0.25, 0.3) is 11.3 Å². The molecule has 2 unspecified atom stereocenters. The summed E-state index contributed by atoms with van der Waals surface area (Å²) in [6.07, 6.45) is -4.89. The van der Waals surface area contributed by atoms with Crippen LogP contribution in [0.5, 0.6) is 0 Å². The molecule has 2 fully saturated rings. The fraction of sp³-hybridized carbons (Fsp3) is 0.345. The summed E-state index contributed by atoms with van der Waals surface area (Å²) in [5, 5.41) is 0. The van der Waals surface area contributed by atoms with Crippen LogP contribution in [-0.2, 0) is 27.2 Å². The predicted octanol–water partition coefficient (Wildman–Crippen LogP) is 3.94. The van der Waals surface area contributed by atoms with Gasteiger partial charge in [-0.05, 0) is 41.3 Å². The summed E-state index contributed by atoms with van der Waals surface area (Å²) >= 11 is 0. The minimum atomic E-state index is -5.35. The highest BCUT2D eigenvalue weighted by Gasteiger charge is 2.43. The van der Waals surface area contributed by atoms with Crippen LogP contribution < -0.4 is 10.5 Å². The number of pyridine rings is 1. The van der Waals surface area contributed by atoms with Gasteiger partial charge < -0.3 is 19.4 Å². The van der Waals surface area contributed by atoms with Crippen molar-refractivity contribution in [1.29, 1.82) is 0 Å². The highest BCUT2D eigenvalue weighted by atomic mass is 19.4. The molecule has 1 aromatic heterocycles. The minimum absolute atomic E-state index is 0.0942. The van der Waals surface area contributed by atoms with E-state index < -0.39 is 29.2 Å². The average molecular weight is 556 g/mol. The van der Waals surface area contributed by atoms with Crippen molar-refractivity contribution < 1.29 is 32.2 Å². The van der Waals surface area contributed by atoms with E-state index in [4.69, 9.17) is 4.74 Å². The molecule has 11 heteroatoms. The lowest BCUT2D eigenvalue weighted by molar-refractivity contribution is -0.193. The van der Waals surface area contributed by atoms with Crippen LogP contribution in [0.15, 0.2) is 65.5 Å². The lowest BCUT2D eigenvalue weighted by atomic mass is 10.0. The molecule has 0 aliphatic carbocycles. The number of ether oxygens (including phenoxy) is 2. The standard InChI is InChI=1S/C29H28F3N3O5/c1-2-19-14-22(27(37)40-28(38)29(30,31)32)26(36)33-25(19)20-8-10-21(11-9-20)35-16-23-24(17-35)39-13-12-34(23)15-18-6-4-3-5-7-18/h3-11,14,23-24H,2,12-13,15-17H2,1H3,(H,33,36). The Hall–Kier alpha value is -3.96. The van der Waals surface area contributed by atoms with Gasteiger partial charge in [0, 0.05) is 31.9 Å². The summed E-state index contributed by atoms with van der Waals surface area (Å²) in [4.78, 5) is 43.0. The third-order valence-electron chi connectivity index (χ3n) is 7.31. The van der Waals surface area contributed by atoms with Crippen molar-refractivity contribution in [2.75, 3.05) is 31.1 Å². The number of esters is 2. The first-order chi connectivity index (χ1) is 19.1. The number of nitrogens with zero attached hydrogens (tertiary/aromatic N) is 2. The van der Waals surface area contributed by atoms with Crippen LogP contribution >= 0.6 is 0 Å². The molecule has 5 rings (SSSR count). The summed E-state index contributed by atoms with van der Waals surface area (Å²) in [6.45, 7) is 5.74. The first kappa shape index (κ1) is 27.6. The minimum Gasteiger partial charge on any atom is -0.382 e. The summed E-state index contributed by atoms with van der Waals surface area (Å²) in [6, 6.07) is 19.3. The van der Waals surface area contributed by atoms with E-state index in [0.29, 0.717) is 29.8 Å². The molecule has 2 aliphatic heterocycles. The molecule has 0 spiro atoms. The number of carbonyl (C=O) groups excluding carboxylic acids is 2. The van der Waals surface area contributed by atoms with E-state index in [1.54, 1.807) is 6.92 Å². The van der Waals surface area contributed by atoms with Crippen LogP contribution in [0.3, 0.4) is 0 Å². The third-order valence-corrected chi connectivity index (χ3v) is 7.31. The number of hydrogen-bond acceptors (Lipinski definition) is 7. The molecule has 2 atom stereocenters. The second-order valence-corrected chi connectivity index (χ2v) is 9.83. The van der Waals surface area contributed by atoms with E-state index in [-0.39, 0.29) is 12.1 Å². The number of halogens is 3. The highest BCUT2D eigenvalue weighted by molar-refractivity contribution is 5.98. The predicted molar refractivity (Wildman–Crippen MR) is 141 cm³/mol. The number of H-pyrrole nitrogens is 1. The zero-order valence-electron chi connectivity index (χ0n) is 21.7. The number of anilines is 1. The molecule has 40 heavy (non-hydrogen) atoms. The summed E-state index contributed by atoms with van der Waals surface area (Å²) in [5.41, 5.74) is 2.25. The molecular weight excluding hydrogens is 527 g/mol. The zero-order valence-corrected chi connectivity index (χ0v) is 21.7. The van der Waals surface area contributed by atoms with Gasteiger partial charge in [0.05, 0.1) is 24.4 Å². The van der Waals surface area contributed by atoms with Crippen molar-refractivity contribution >= 4 is 17.6 Å². The Morgan fingerprint density at radius 2 is 1.80 bits per heavy atom. The molecule has 2 aliphatic rings. The van der Waals surface area contributed by atoms with Crippen molar-refractivity contribution in [2.24, 2.45) is 0 Å². The summed E-state index contributed by atoms with van der Waals surface area (Å²) in [5.74, 6) is -4.33. The van der Waals surface area contributed by atoms with Crippen LogP contribution in [-0.4, -0.2) is 66.4 Å². The maximum Gasteiger partial charge on any atom is 0.491 e. The smallest absolute Gasteiger partial charge is 0.382 e. The van der Waals surface area contributed by atoms with E-state index in [2.05, 4.69) is 31.7 Å². The Kier molecular flexibility index (Phi) is 7.77. The number of aromatic nitrogens is 1. The number of carbonyl (C=O) groups is 2. The Labute approximate surface area is 228 Å². The van der Waals surface area contributed by atoms with E-state index in [1.807, 2.05) is 42.5 Å². The van der Waals surface area contributed by atoms with Crippen LogP contribution in [0.2, 0.25) is 0 Å². The van der Waals surface area contributed by atoms with E-state index in [9.17, 15) is 27.6 Å². The van der Waals surface area contributed by atoms with Gasteiger partial charge in [-0.1, -0.05) is 49.4 Å². The first-order valence-electron chi connectivity index (χ1n) is 13.0. The van der Waals surface area contributed by atoms with Crippen LogP contribution in [0.1, 0.15) is 28.4 Å². The number of rotatable bonds is 6. The molecule has 0 radical (unpaired) electrons. The van der Waals surface area contributed by atoms with Crippen LogP contribution in [0, 0.1) is 0 Å². The van der Waals surface area contributed by atoms with Gasteiger partial charge in [-0.3, -0.25) is 9.69 Å². The lowest BCUT2D eigenvalue weighted by Crippen LogP contribution is -2.50. The number of nitrogens with one attached hydrogen (secondary N) is 1. The van der Waals surface area contributed by atoms with Crippen LogP contribution in [0.4, 0.5) is 18.9 Å². The molecule has 0 saturated carbocycles. The quantitative estimate of drug-likeness (QED) is 0.364. The Bertz CT molecular complexity index is 1440. The van der Waals surface area contributed by atoms with Gasteiger partial charge in [0.2, 0.25) is 0 Å². The van der Waals surface area contributed by atoms with Crippen molar-refractivity contribution in [3.8, 4) is 11.3 Å². The second-order valence-electron chi connectivity index (χ2n) is 9.83. The Balaban J connectivity index is 1.31. The topological polar surface area (TPSA) is 91.9 Å². The van der Waals surface area contributed by atoms with Crippen molar-refractivity contribution in [3.63, 3.8) is 0 Å². The van der Waals surface area contributed by atoms with Gasteiger partial charge in [-0.15, -0.1) is 0 Å². The second kappa shape index (κ2) is 11.3. The SMILES string of the molecule is CCc1cc(C(=O)OC(=O)C(F)(F)F)c(=O)[nH]c1-c1ccc(N2CC3OCCN(Cc4ccccc4)C3C2)cc1. The first-order valence-corrected chi connectivity index (χ1v) is 13.0. The molecule has 8 nitrogen and oxygen atoms in total. The molecule has 1 N–H and O–H groups in total. The molecule has 2 saturated heterocycles. The average Bonchev–Trinajstić information content (AvgIpc) is 3.38. The van der Waals surface area contributed by atoms with E-state index >= 15 is 0 Å². The molecule has 0 bridgehead atoms. The number of aryl methyl sites for hydroxylation is 1. The number of morpholine rings is 1. The fourth-order valence-electron chi connectivity index (χ4n) is 5.28. The number of fused-ring (bicyclic) bond motifs is 1. The molecular formula is C29H28F3N3O5. The van der Waals surface area contributed by atoms with Gasteiger partial charge in [-0.2, -0.15) is 13.2 Å². The lowest BCUT2D eigenvalue weighted by Gasteiger charge is -2.36. The molecule has 210 valence electrons. The largest absolute Gasteiger partial charge is 0.491 e. The maximum absolute atomic E-state index is 12.6. The third kappa shape index (κ3) is 5.80. The summed E-state index contributed by atoms with van der Waals surface area (Å²) < 4.78 is 47.3. The van der Waals surface area contributed by atoms with Crippen molar-refractivity contribution in [1.82, 2.24) is 9.88 Å². The van der Waals surface area contributed by atoms with E-state index in [0.717, 1.165) is 37.9 Å². The Morgan fingerprint density at radius 1 is 1.07 bits per heavy atom.